The molecule has 3 N–H and O–H groups in total. The molecule has 4 rings (SSSR count). The minimum Gasteiger partial charge on any atom is -0.478 e. The number of nitro benzene ring substituents is 1. The van der Waals surface area contributed by atoms with E-state index in [1.165, 1.54) is 36.3 Å². The molecular weight excluding hydrogens is 558 g/mol. The third kappa shape index (κ3) is 6.67. The highest BCUT2D eigenvalue weighted by Crippen LogP contribution is 2.37. The van der Waals surface area contributed by atoms with Gasteiger partial charge in [0.2, 0.25) is 5.91 Å². The Bertz CT molecular complexity index is 1400. The molecule has 0 saturated carbocycles. The van der Waals surface area contributed by atoms with Gasteiger partial charge in [-0.05, 0) is 69.1 Å². The molecule has 43 heavy (non-hydrogen) atoms. The van der Waals surface area contributed by atoms with E-state index in [0.29, 0.717) is 44.5 Å². The second-order valence-electron chi connectivity index (χ2n) is 10.5. The van der Waals surface area contributed by atoms with Gasteiger partial charge in [0.25, 0.3) is 5.69 Å². The minimum atomic E-state index is -1.35. The number of hydrogen-bond donors (Lipinski definition) is 3. The predicted molar refractivity (Wildman–Crippen MR) is 155 cm³/mol. The number of non-ortho nitro benzene ring substituents is 1. The van der Waals surface area contributed by atoms with Crippen molar-refractivity contribution in [2.75, 3.05) is 33.3 Å². The molecule has 2 aromatic rings. The summed E-state index contributed by atoms with van der Waals surface area (Å²) in [7, 11) is 1.40. The lowest BCUT2D eigenvalue weighted by Gasteiger charge is -2.40. The number of hydrogen-bond acceptors (Lipinski definition) is 8. The van der Waals surface area contributed by atoms with Crippen molar-refractivity contribution >= 4 is 29.6 Å². The number of ether oxygens (including phenoxy) is 1. The van der Waals surface area contributed by atoms with E-state index >= 15 is 0 Å². The zero-order valence-corrected chi connectivity index (χ0v) is 24.1. The summed E-state index contributed by atoms with van der Waals surface area (Å²) in [6.07, 6.45) is 1.75. The van der Waals surface area contributed by atoms with Crippen molar-refractivity contribution in [3.8, 4) is 0 Å². The lowest BCUT2D eigenvalue weighted by molar-refractivity contribution is -0.384. The summed E-state index contributed by atoms with van der Waals surface area (Å²) in [6, 6.07) is 13.0. The molecular formula is C30H35N5O8. The van der Waals surface area contributed by atoms with E-state index in [1.807, 2.05) is 30.3 Å². The van der Waals surface area contributed by atoms with Gasteiger partial charge in [-0.15, -0.1) is 0 Å². The second-order valence-corrected chi connectivity index (χ2v) is 10.5. The first-order chi connectivity index (χ1) is 20.6. The molecule has 2 aromatic carbocycles. The summed E-state index contributed by atoms with van der Waals surface area (Å²) in [5, 5.41) is 26.1. The molecule has 0 aromatic heterocycles. The van der Waals surface area contributed by atoms with Crippen molar-refractivity contribution in [2.24, 2.45) is 0 Å². The Hall–Kier alpha value is -4.78. The number of urea groups is 1. The Morgan fingerprint density at radius 3 is 2.33 bits per heavy atom. The summed E-state index contributed by atoms with van der Waals surface area (Å²) in [4.78, 5) is 65.0. The van der Waals surface area contributed by atoms with Crippen LogP contribution in [0.3, 0.4) is 0 Å². The summed E-state index contributed by atoms with van der Waals surface area (Å²) in [5.41, 5.74) is 0.102. The standard InChI is InChI=1S/C30H35N5O8/c1-3-34(26-24(27(37)38)25(31-29(40)32-26)20-11-13-22(14-12-20)35(41)42)23(36)10-7-17-33-18-15-30(16-19-33,28(39)43-2)21-8-5-4-6-9-21/h4-6,8-9,11-14,25H,3,7,10,15-19H2,1-2H3,(H,37,38)(H2,31,32,40). The molecule has 2 aliphatic rings. The Kier molecular flexibility index (Phi) is 9.76. The highest BCUT2D eigenvalue weighted by molar-refractivity contribution is 5.95. The van der Waals surface area contributed by atoms with Gasteiger partial charge in [0, 0.05) is 25.1 Å². The molecule has 0 radical (unpaired) electrons. The number of carbonyl (C=O) groups is 4. The van der Waals surface area contributed by atoms with Crippen LogP contribution in [0.25, 0.3) is 0 Å². The van der Waals surface area contributed by atoms with Crippen LogP contribution >= 0.6 is 0 Å². The number of rotatable bonds is 11. The quantitative estimate of drug-likeness (QED) is 0.201. The number of amides is 3. The maximum Gasteiger partial charge on any atom is 0.337 e. The van der Waals surface area contributed by atoms with Gasteiger partial charge in [-0.1, -0.05) is 30.3 Å². The number of piperidine rings is 1. The van der Waals surface area contributed by atoms with E-state index in [4.69, 9.17) is 4.74 Å². The van der Waals surface area contributed by atoms with E-state index in [-0.39, 0.29) is 41.9 Å². The van der Waals surface area contributed by atoms with Crippen molar-refractivity contribution in [2.45, 2.75) is 44.1 Å². The van der Waals surface area contributed by atoms with Crippen LogP contribution < -0.4 is 10.6 Å². The molecule has 1 fully saturated rings. The van der Waals surface area contributed by atoms with E-state index in [9.17, 15) is 34.4 Å². The average molecular weight is 594 g/mol. The van der Waals surface area contributed by atoms with Gasteiger partial charge < -0.3 is 20.1 Å². The van der Waals surface area contributed by atoms with Crippen molar-refractivity contribution in [1.29, 1.82) is 0 Å². The number of benzene rings is 2. The van der Waals surface area contributed by atoms with Crippen molar-refractivity contribution in [3.63, 3.8) is 0 Å². The van der Waals surface area contributed by atoms with Gasteiger partial charge in [-0.3, -0.25) is 29.9 Å². The van der Waals surface area contributed by atoms with Gasteiger partial charge in [-0.25, -0.2) is 9.59 Å². The number of likely N-dealkylation sites (tertiary alicyclic amines) is 1. The monoisotopic (exact) mass is 593 g/mol. The first-order valence-corrected chi connectivity index (χ1v) is 14.1. The maximum atomic E-state index is 13.3. The summed E-state index contributed by atoms with van der Waals surface area (Å²) in [5.74, 6) is -2.09. The number of nitrogens with one attached hydrogen (secondary N) is 2. The van der Waals surface area contributed by atoms with Crippen LogP contribution in [0.2, 0.25) is 0 Å². The molecule has 2 aliphatic heterocycles. The molecule has 1 saturated heterocycles. The van der Waals surface area contributed by atoms with E-state index in [1.54, 1.807) is 6.92 Å². The molecule has 3 amide bonds. The van der Waals surface area contributed by atoms with Crippen LogP contribution in [-0.4, -0.2) is 77.0 Å². The largest absolute Gasteiger partial charge is 0.478 e. The SMILES string of the molecule is CCN(C(=O)CCCN1CCC(C(=O)OC)(c2ccccc2)CC1)C1=C(C(=O)O)C(c2ccc([N+](=O)[O-])cc2)NC(=O)N1. The molecule has 13 nitrogen and oxygen atoms in total. The third-order valence-electron chi connectivity index (χ3n) is 8.08. The van der Waals surface area contributed by atoms with E-state index in [0.717, 1.165) is 5.56 Å². The molecule has 1 atom stereocenters. The van der Waals surface area contributed by atoms with Crippen LogP contribution in [0.4, 0.5) is 10.5 Å². The van der Waals surface area contributed by atoms with Crippen molar-refractivity contribution in [3.05, 3.63) is 87.2 Å². The maximum absolute atomic E-state index is 13.3. The molecule has 0 spiro atoms. The normalized spacial score (nSPS) is 18.3. The van der Waals surface area contributed by atoms with Crippen LogP contribution in [0.1, 0.15) is 49.8 Å². The first kappa shape index (κ1) is 31.2. The second kappa shape index (κ2) is 13.5. The molecule has 1 unspecified atom stereocenters. The Morgan fingerprint density at radius 2 is 1.77 bits per heavy atom. The van der Waals surface area contributed by atoms with E-state index < -0.39 is 28.4 Å². The average Bonchev–Trinajstić information content (AvgIpc) is 3.01. The number of carboxylic acids is 1. The number of carbonyl (C=O) groups excluding carboxylic acids is 3. The molecule has 2 heterocycles. The minimum absolute atomic E-state index is 0.104. The zero-order valence-electron chi connectivity index (χ0n) is 24.1. The zero-order chi connectivity index (χ0) is 31.1. The summed E-state index contributed by atoms with van der Waals surface area (Å²) < 4.78 is 5.16. The number of methoxy groups -OCH3 is 1. The molecule has 0 bridgehead atoms. The number of esters is 1. The van der Waals surface area contributed by atoms with Gasteiger partial charge in [0.05, 0.1) is 23.5 Å². The van der Waals surface area contributed by atoms with Crippen LogP contribution in [0.5, 0.6) is 0 Å². The summed E-state index contributed by atoms with van der Waals surface area (Å²) >= 11 is 0. The fourth-order valence-corrected chi connectivity index (χ4v) is 5.80. The fraction of sp³-hybridized carbons (Fsp3) is 0.400. The smallest absolute Gasteiger partial charge is 0.337 e. The van der Waals surface area contributed by atoms with Gasteiger partial charge >= 0.3 is 18.0 Å². The fourth-order valence-electron chi connectivity index (χ4n) is 5.80. The number of nitrogens with zero attached hydrogens (tertiary/aromatic N) is 3. The first-order valence-electron chi connectivity index (χ1n) is 14.1. The van der Waals surface area contributed by atoms with Crippen LogP contribution in [0, 0.1) is 10.1 Å². The lowest BCUT2D eigenvalue weighted by atomic mass is 9.72. The molecule has 0 aliphatic carbocycles. The number of nitro groups is 1. The van der Waals surface area contributed by atoms with E-state index in [2.05, 4.69) is 15.5 Å². The Balaban J connectivity index is 1.44. The molecule has 13 heteroatoms. The number of aliphatic carboxylic acids is 1. The van der Waals surface area contributed by atoms with Crippen LogP contribution in [0.15, 0.2) is 66.0 Å². The summed E-state index contributed by atoms with van der Waals surface area (Å²) in [6.45, 7) is 3.67. The Morgan fingerprint density at radius 1 is 1.12 bits per heavy atom. The van der Waals surface area contributed by atoms with Gasteiger partial charge in [-0.2, -0.15) is 0 Å². The highest BCUT2D eigenvalue weighted by Gasteiger charge is 2.44. The van der Waals surface area contributed by atoms with Crippen molar-refractivity contribution < 1.29 is 33.9 Å². The van der Waals surface area contributed by atoms with Gasteiger partial charge in [0.15, 0.2) is 0 Å². The topological polar surface area (TPSA) is 171 Å². The Labute approximate surface area is 248 Å². The molecule has 228 valence electrons. The van der Waals surface area contributed by atoms with Gasteiger partial charge in [0.1, 0.15) is 11.4 Å². The predicted octanol–water partition coefficient (Wildman–Crippen LogP) is 3.08. The number of carboxylic acid groups (broad SMARTS) is 1. The van der Waals surface area contributed by atoms with Crippen molar-refractivity contribution in [1.82, 2.24) is 20.4 Å². The third-order valence-corrected chi connectivity index (χ3v) is 8.08. The lowest BCUT2D eigenvalue weighted by Crippen LogP contribution is -2.51. The highest BCUT2D eigenvalue weighted by atomic mass is 16.6. The van der Waals surface area contributed by atoms with Crippen LogP contribution in [-0.2, 0) is 24.5 Å².